The van der Waals surface area contributed by atoms with Gasteiger partial charge >= 0.3 is 0 Å². The van der Waals surface area contributed by atoms with Crippen molar-refractivity contribution < 1.29 is 17.6 Å². The predicted octanol–water partition coefficient (Wildman–Crippen LogP) is 15.4. The van der Waals surface area contributed by atoms with Crippen molar-refractivity contribution in [1.82, 2.24) is 44.9 Å². The minimum absolute atomic E-state index is 0. The Morgan fingerprint density at radius 3 is 1.25 bits per heavy atom. The number of nitrogens with zero attached hydrogens (tertiary/aromatic N) is 9. The Kier molecular flexibility index (Phi) is 31.6. The zero-order chi connectivity index (χ0) is 50.3. The van der Waals surface area contributed by atoms with Crippen molar-refractivity contribution in [2.24, 2.45) is 0 Å². The zero-order valence-electron chi connectivity index (χ0n) is 41.8. The summed E-state index contributed by atoms with van der Waals surface area (Å²) in [5.41, 5.74) is 6.41. The first-order chi connectivity index (χ1) is 31.7. The Morgan fingerprint density at radius 1 is 0.338 bits per heavy atom. The highest BCUT2D eigenvalue weighted by atomic mass is 19.1. The summed E-state index contributed by atoms with van der Waals surface area (Å²) in [5.74, 6) is 0.989. The molecule has 0 aliphatic carbocycles. The molecule has 13 heteroatoms. The molecule has 9 nitrogen and oxygen atoms in total. The maximum Gasteiger partial charge on any atom is 0.147 e. The number of aromatic nitrogens is 9. The van der Waals surface area contributed by atoms with Gasteiger partial charge in [-0.1, -0.05) is 116 Å². The Labute approximate surface area is 404 Å². The van der Waals surface area contributed by atoms with Crippen molar-refractivity contribution in [2.75, 3.05) is 0 Å². The van der Waals surface area contributed by atoms with Crippen molar-refractivity contribution in [1.29, 1.82) is 0 Å². The molecule has 0 bridgehead atoms. The summed E-state index contributed by atoms with van der Waals surface area (Å²) in [5, 5.41) is 0. The first-order valence-electron chi connectivity index (χ1n) is 22.6. The molecule has 0 spiro atoms. The summed E-state index contributed by atoms with van der Waals surface area (Å²) >= 11 is 0. The third-order valence-electron chi connectivity index (χ3n) is 9.06. The molecule has 7 heterocycles. The van der Waals surface area contributed by atoms with Crippen LogP contribution < -0.4 is 0 Å². The minimum Gasteiger partial charge on any atom is -0.264 e. The fourth-order valence-corrected chi connectivity index (χ4v) is 5.09. The third kappa shape index (κ3) is 26.7. The Morgan fingerprint density at radius 2 is 0.882 bits per heavy atom. The second-order valence-electron chi connectivity index (χ2n) is 17.2. The molecule has 0 fully saturated rings. The highest BCUT2D eigenvalue weighted by Crippen LogP contribution is 2.16. The highest BCUT2D eigenvalue weighted by molar-refractivity contribution is 5.14. The lowest BCUT2D eigenvalue weighted by Gasteiger charge is -2.03. The van der Waals surface area contributed by atoms with Gasteiger partial charge in [0.1, 0.15) is 29.6 Å². The van der Waals surface area contributed by atoms with Crippen molar-refractivity contribution in [3.63, 3.8) is 0 Å². The Hall–Kier alpha value is -6.37. The number of pyridine rings is 5. The van der Waals surface area contributed by atoms with E-state index in [2.05, 4.69) is 106 Å². The van der Waals surface area contributed by atoms with E-state index in [1.807, 2.05) is 84.3 Å². The molecule has 0 atom stereocenters. The molecule has 368 valence electrons. The average Bonchev–Trinajstić information content (AvgIpc) is 3.31. The fraction of sp³-hybridized carbons (Fsp3) is 0.400. The largest absolute Gasteiger partial charge is 0.264 e. The van der Waals surface area contributed by atoms with Gasteiger partial charge in [-0.25, -0.2) is 27.5 Å². The molecule has 7 aromatic heterocycles. The van der Waals surface area contributed by atoms with Crippen LogP contribution >= 0.6 is 0 Å². The molecule has 0 N–H and O–H groups in total. The Balaban J connectivity index is 0.000000769. The quantitative estimate of drug-likeness (QED) is 0.144. The van der Waals surface area contributed by atoms with E-state index in [4.69, 9.17) is 0 Å². The van der Waals surface area contributed by atoms with Crippen molar-refractivity contribution in [2.45, 2.75) is 146 Å². The molecular weight excluding hydrogens is 863 g/mol. The van der Waals surface area contributed by atoms with Gasteiger partial charge in [-0.3, -0.25) is 34.9 Å². The number of hydrogen-bond acceptors (Lipinski definition) is 9. The molecule has 68 heavy (non-hydrogen) atoms. The van der Waals surface area contributed by atoms with Crippen LogP contribution in [0.3, 0.4) is 0 Å². The van der Waals surface area contributed by atoms with Gasteiger partial charge in [-0.15, -0.1) is 0 Å². The maximum atomic E-state index is 12.8. The maximum absolute atomic E-state index is 12.8. The highest BCUT2D eigenvalue weighted by Gasteiger charge is 2.08. The zero-order valence-corrected chi connectivity index (χ0v) is 41.8. The first-order valence-corrected chi connectivity index (χ1v) is 22.6. The van der Waals surface area contributed by atoms with E-state index in [0.29, 0.717) is 41.0 Å². The minimum atomic E-state index is -0.632. The SMILES string of the molecule is C.CC(C)c1ccc(F)cn1.CC(C)c1ccccn1.CC(C)c1cccnc1.CC(C)c1ccncn1.CC(C)c1cnccn1.CC(C)c1ncc(F)cc1F.CC(C)c1ncccc1F. The molecule has 0 amide bonds. The van der Waals surface area contributed by atoms with Crippen LogP contribution in [0.15, 0.2) is 135 Å². The second-order valence-corrected chi connectivity index (χ2v) is 17.2. The smallest absolute Gasteiger partial charge is 0.147 e. The number of rotatable bonds is 7. The van der Waals surface area contributed by atoms with E-state index < -0.39 is 11.6 Å². The van der Waals surface area contributed by atoms with E-state index in [0.717, 1.165) is 35.0 Å². The molecule has 0 unspecified atom stereocenters. The van der Waals surface area contributed by atoms with Gasteiger partial charge in [-0.05, 0) is 95.5 Å². The second kappa shape index (κ2) is 34.9. The van der Waals surface area contributed by atoms with Gasteiger partial charge in [0.2, 0.25) is 0 Å². The summed E-state index contributed by atoms with van der Waals surface area (Å²) in [7, 11) is 0. The molecule has 7 rings (SSSR count). The summed E-state index contributed by atoms with van der Waals surface area (Å²) in [6.07, 6.45) is 18.0. The predicted molar refractivity (Wildman–Crippen MR) is 270 cm³/mol. The lowest BCUT2D eigenvalue weighted by molar-refractivity contribution is 0.548. The van der Waals surface area contributed by atoms with Gasteiger partial charge in [0.25, 0.3) is 0 Å². The van der Waals surface area contributed by atoms with Crippen LogP contribution in [0.2, 0.25) is 0 Å². The van der Waals surface area contributed by atoms with Crippen LogP contribution in [-0.4, -0.2) is 44.9 Å². The van der Waals surface area contributed by atoms with E-state index in [1.165, 1.54) is 23.9 Å². The lowest BCUT2D eigenvalue weighted by atomic mass is 10.1. The van der Waals surface area contributed by atoms with Crippen LogP contribution in [0, 0.1) is 23.3 Å². The normalized spacial score (nSPS) is 10.1. The van der Waals surface area contributed by atoms with Crippen LogP contribution in [0.25, 0.3) is 0 Å². The summed E-state index contributed by atoms with van der Waals surface area (Å²) < 4.78 is 50.2. The number of halogens is 4. The Bertz CT molecular complexity index is 2110. The van der Waals surface area contributed by atoms with Gasteiger partial charge < -0.3 is 0 Å². The van der Waals surface area contributed by atoms with E-state index in [1.54, 1.807) is 55.6 Å². The van der Waals surface area contributed by atoms with Crippen LogP contribution in [0.5, 0.6) is 0 Å². The summed E-state index contributed by atoms with van der Waals surface area (Å²) in [4.78, 5) is 35.6. The molecule has 0 saturated carbocycles. The molecule has 0 aliphatic rings. The monoisotopic (exact) mass is 938 g/mol. The third-order valence-corrected chi connectivity index (χ3v) is 9.06. The fourth-order valence-electron chi connectivity index (χ4n) is 5.09. The van der Waals surface area contributed by atoms with E-state index in [-0.39, 0.29) is 30.9 Å². The van der Waals surface area contributed by atoms with Gasteiger partial charge in [0.05, 0.1) is 29.5 Å². The number of hydrogen-bond donors (Lipinski definition) is 0. The van der Waals surface area contributed by atoms with Crippen LogP contribution in [0.1, 0.15) is 186 Å². The summed E-state index contributed by atoms with van der Waals surface area (Å²) in [6, 6.07) is 19.0. The molecule has 0 aromatic carbocycles. The van der Waals surface area contributed by atoms with Gasteiger partial charge in [0, 0.05) is 72.7 Å². The van der Waals surface area contributed by atoms with Crippen molar-refractivity contribution in [3.8, 4) is 0 Å². The topological polar surface area (TPSA) is 116 Å². The van der Waals surface area contributed by atoms with Crippen molar-refractivity contribution in [3.05, 3.63) is 198 Å². The van der Waals surface area contributed by atoms with Gasteiger partial charge in [0.15, 0.2) is 0 Å². The van der Waals surface area contributed by atoms with Crippen LogP contribution in [-0.2, 0) is 0 Å². The van der Waals surface area contributed by atoms with Gasteiger partial charge in [-0.2, -0.15) is 0 Å². The molecule has 7 aromatic rings. The molecule has 0 saturated heterocycles. The first kappa shape index (κ1) is 61.6. The molecule has 0 radical (unpaired) electrons. The standard InChI is InChI=1S/C8H9F2N.2C8H10FN.2C8H11N.2C7H10N2.CH4/c1-5(2)8-7(10)3-6(9)4-11-8;1-6(2)8-4-3-7(9)5-10-8;1-6(2)8-7(9)4-3-5-10-8;1-7(2)8-4-3-5-9-6-8;1-7(2)8-5-3-4-6-9-8;1-6(2)7-5-8-3-4-9-7;1-6(2)7-3-4-8-5-9-7;/h3-5H,1-2H3;2*3-6H,1-2H3;2*3-7H,1-2H3;2*3-6H,1-2H3;1H4. The average molecular weight is 938 g/mol. The molecular formula is C55H75F4N9. The lowest BCUT2D eigenvalue weighted by Crippen LogP contribution is -1.97. The van der Waals surface area contributed by atoms with E-state index >= 15 is 0 Å². The summed E-state index contributed by atoms with van der Waals surface area (Å²) in [6.45, 7) is 28.6. The van der Waals surface area contributed by atoms with E-state index in [9.17, 15) is 17.6 Å². The molecule has 0 aliphatic heterocycles. The van der Waals surface area contributed by atoms with Crippen molar-refractivity contribution >= 4 is 0 Å². The van der Waals surface area contributed by atoms with Crippen LogP contribution in [0.4, 0.5) is 17.6 Å².